The lowest BCUT2D eigenvalue weighted by atomic mass is 10.0. The van der Waals surface area contributed by atoms with Gasteiger partial charge in [0.1, 0.15) is 6.29 Å². The Morgan fingerprint density at radius 1 is 1.14 bits per heavy atom. The quantitative estimate of drug-likeness (QED) is 0.594. The van der Waals surface area contributed by atoms with Crippen molar-refractivity contribution in [1.82, 2.24) is 0 Å². The van der Waals surface area contributed by atoms with Crippen molar-refractivity contribution in [2.75, 3.05) is 13.7 Å². The molecule has 0 unspecified atom stereocenters. The lowest BCUT2D eigenvalue weighted by Gasteiger charge is -2.27. The molecule has 0 aliphatic rings. The third-order valence-electron chi connectivity index (χ3n) is 2.32. The molecule has 0 spiro atoms. The second kappa shape index (κ2) is 5.47. The monoisotopic (exact) mass is 202 g/mol. The molecule has 0 aromatic carbocycles. The average Bonchev–Trinajstić information content (AvgIpc) is 2.03. The third-order valence-corrected chi connectivity index (χ3v) is 2.32. The van der Waals surface area contributed by atoms with Gasteiger partial charge in [-0.15, -0.1) is 0 Å². The maximum absolute atomic E-state index is 10.3. The Balaban J connectivity index is 3.78. The van der Waals surface area contributed by atoms with Gasteiger partial charge in [-0.2, -0.15) is 0 Å². The van der Waals surface area contributed by atoms with Gasteiger partial charge < -0.3 is 14.3 Å². The first-order valence-corrected chi connectivity index (χ1v) is 4.96. The summed E-state index contributed by atoms with van der Waals surface area (Å²) in [6, 6.07) is 0. The van der Waals surface area contributed by atoms with Crippen LogP contribution in [0.2, 0.25) is 0 Å². The molecule has 3 heteroatoms. The van der Waals surface area contributed by atoms with E-state index in [1.54, 1.807) is 7.11 Å². The molecule has 0 fully saturated rings. The number of carbonyl (C=O) groups excluding carboxylic acids is 1. The van der Waals surface area contributed by atoms with Gasteiger partial charge in [-0.25, -0.2) is 0 Å². The van der Waals surface area contributed by atoms with Crippen molar-refractivity contribution in [1.29, 1.82) is 0 Å². The van der Waals surface area contributed by atoms with Gasteiger partial charge in [0, 0.05) is 13.5 Å². The minimum Gasteiger partial charge on any atom is -0.379 e. The zero-order valence-electron chi connectivity index (χ0n) is 9.92. The Hall–Kier alpha value is -0.410. The Kier molecular flexibility index (Phi) is 5.31. The second-order valence-corrected chi connectivity index (χ2v) is 4.69. The highest BCUT2D eigenvalue weighted by Gasteiger charge is 2.21. The summed E-state index contributed by atoms with van der Waals surface area (Å²) in [5.41, 5.74) is -0.511. The first-order chi connectivity index (χ1) is 6.33. The summed E-state index contributed by atoms with van der Waals surface area (Å²) in [6.45, 7) is 8.48. The summed E-state index contributed by atoms with van der Waals surface area (Å²) < 4.78 is 10.9. The maximum atomic E-state index is 10.3. The molecule has 0 bridgehead atoms. The molecule has 14 heavy (non-hydrogen) atoms. The SMILES string of the molecule is COC(C)(C)CCOC(C)(C)CC=O. The number of methoxy groups -OCH3 is 1. The van der Waals surface area contributed by atoms with Crippen molar-refractivity contribution < 1.29 is 14.3 Å². The third kappa shape index (κ3) is 6.11. The van der Waals surface area contributed by atoms with E-state index in [1.807, 2.05) is 27.7 Å². The predicted molar refractivity (Wildman–Crippen MR) is 56.4 cm³/mol. The van der Waals surface area contributed by atoms with E-state index in [-0.39, 0.29) is 11.2 Å². The van der Waals surface area contributed by atoms with E-state index in [0.29, 0.717) is 13.0 Å². The van der Waals surface area contributed by atoms with Gasteiger partial charge in [0.25, 0.3) is 0 Å². The van der Waals surface area contributed by atoms with Crippen LogP contribution >= 0.6 is 0 Å². The summed E-state index contributed by atoms with van der Waals surface area (Å²) in [6.07, 6.45) is 2.15. The van der Waals surface area contributed by atoms with Gasteiger partial charge in [0.15, 0.2) is 0 Å². The lowest BCUT2D eigenvalue weighted by Crippen LogP contribution is -2.30. The van der Waals surface area contributed by atoms with E-state index in [0.717, 1.165) is 12.7 Å². The van der Waals surface area contributed by atoms with Crippen LogP contribution in [0.25, 0.3) is 0 Å². The molecule has 0 aliphatic heterocycles. The van der Waals surface area contributed by atoms with Gasteiger partial charge in [0.2, 0.25) is 0 Å². The van der Waals surface area contributed by atoms with Crippen LogP contribution < -0.4 is 0 Å². The highest BCUT2D eigenvalue weighted by molar-refractivity contribution is 5.51. The van der Waals surface area contributed by atoms with Gasteiger partial charge in [-0.1, -0.05) is 0 Å². The minimum absolute atomic E-state index is 0.155. The molecule has 0 N–H and O–H groups in total. The standard InChI is InChI=1S/C11H22O3/c1-10(2,13-5)7-9-14-11(3,4)6-8-12/h8H,6-7,9H2,1-5H3. The Labute approximate surface area is 86.8 Å². The normalized spacial score (nSPS) is 12.9. The molecule has 0 amide bonds. The zero-order valence-corrected chi connectivity index (χ0v) is 9.92. The molecule has 0 aromatic rings. The topological polar surface area (TPSA) is 35.5 Å². The Morgan fingerprint density at radius 3 is 2.14 bits per heavy atom. The van der Waals surface area contributed by atoms with Crippen molar-refractivity contribution in [3.8, 4) is 0 Å². The van der Waals surface area contributed by atoms with Gasteiger partial charge in [-0.05, 0) is 34.1 Å². The molecule has 0 aliphatic carbocycles. The highest BCUT2D eigenvalue weighted by atomic mass is 16.5. The van der Waals surface area contributed by atoms with E-state index in [9.17, 15) is 4.79 Å². The van der Waals surface area contributed by atoms with Crippen LogP contribution in [-0.2, 0) is 14.3 Å². The summed E-state index contributed by atoms with van der Waals surface area (Å²) >= 11 is 0. The van der Waals surface area contributed by atoms with E-state index < -0.39 is 0 Å². The van der Waals surface area contributed by atoms with Crippen molar-refractivity contribution in [2.45, 2.75) is 51.7 Å². The smallest absolute Gasteiger partial charge is 0.122 e. The number of ether oxygens (including phenoxy) is 2. The molecule has 84 valence electrons. The fourth-order valence-electron chi connectivity index (χ4n) is 0.935. The molecular formula is C11H22O3. The number of carbonyl (C=O) groups is 1. The number of aldehydes is 1. The molecule has 0 radical (unpaired) electrons. The second-order valence-electron chi connectivity index (χ2n) is 4.69. The van der Waals surface area contributed by atoms with Crippen LogP contribution in [-0.4, -0.2) is 31.2 Å². The number of rotatable bonds is 7. The zero-order chi connectivity index (χ0) is 11.2. The van der Waals surface area contributed by atoms with Crippen LogP contribution in [0.4, 0.5) is 0 Å². The lowest BCUT2D eigenvalue weighted by molar-refractivity contribution is -0.115. The molecule has 0 heterocycles. The fourth-order valence-corrected chi connectivity index (χ4v) is 0.935. The summed E-state index contributed by atoms with van der Waals surface area (Å²) in [7, 11) is 1.69. The van der Waals surface area contributed by atoms with Crippen LogP contribution in [0.3, 0.4) is 0 Å². The molecule has 0 rings (SSSR count). The number of hydrogen-bond acceptors (Lipinski definition) is 3. The van der Waals surface area contributed by atoms with Crippen molar-refractivity contribution in [3.05, 3.63) is 0 Å². The van der Waals surface area contributed by atoms with E-state index in [2.05, 4.69) is 0 Å². The molecular weight excluding hydrogens is 180 g/mol. The van der Waals surface area contributed by atoms with Crippen molar-refractivity contribution in [2.24, 2.45) is 0 Å². The summed E-state index contributed by atoms with van der Waals surface area (Å²) in [5.74, 6) is 0. The first kappa shape index (κ1) is 13.6. The molecule has 0 saturated carbocycles. The van der Waals surface area contributed by atoms with Crippen LogP contribution in [0.5, 0.6) is 0 Å². The Bertz CT molecular complexity index is 173. The first-order valence-electron chi connectivity index (χ1n) is 4.96. The minimum atomic E-state index is -0.356. The van der Waals surface area contributed by atoms with Crippen LogP contribution in [0.1, 0.15) is 40.5 Å². The van der Waals surface area contributed by atoms with Crippen molar-refractivity contribution >= 4 is 6.29 Å². The Morgan fingerprint density at radius 2 is 1.71 bits per heavy atom. The molecule has 0 atom stereocenters. The predicted octanol–water partition coefficient (Wildman–Crippen LogP) is 2.19. The van der Waals surface area contributed by atoms with Crippen molar-refractivity contribution in [3.63, 3.8) is 0 Å². The molecule has 0 aromatic heterocycles. The maximum Gasteiger partial charge on any atom is 0.122 e. The van der Waals surface area contributed by atoms with Crippen LogP contribution in [0, 0.1) is 0 Å². The molecule has 3 nitrogen and oxygen atoms in total. The highest BCUT2D eigenvalue weighted by Crippen LogP contribution is 2.17. The summed E-state index contributed by atoms with van der Waals surface area (Å²) in [4.78, 5) is 10.3. The van der Waals surface area contributed by atoms with Crippen LogP contribution in [0.15, 0.2) is 0 Å². The molecule has 0 saturated heterocycles. The fraction of sp³-hybridized carbons (Fsp3) is 0.909. The largest absolute Gasteiger partial charge is 0.379 e. The van der Waals surface area contributed by atoms with Gasteiger partial charge >= 0.3 is 0 Å². The van der Waals surface area contributed by atoms with E-state index in [4.69, 9.17) is 9.47 Å². The van der Waals surface area contributed by atoms with Gasteiger partial charge in [0.05, 0.1) is 17.8 Å². The van der Waals surface area contributed by atoms with Gasteiger partial charge in [-0.3, -0.25) is 0 Å². The average molecular weight is 202 g/mol. The van der Waals surface area contributed by atoms with E-state index in [1.165, 1.54) is 0 Å². The number of hydrogen-bond donors (Lipinski definition) is 0. The summed E-state index contributed by atoms with van der Waals surface area (Å²) in [5, 5.41) is 0. The van der Waals surface area contributed by atoms with E-state index >= 15 is 0 Å².